The molecule has 1 unspecified atom stereocenters. The van der Waals surface area contributed by atoms with Gasteiger partial charge in [0.15, 0.2) is 5.78 Å². The number of unbranched alkanes of at least 4 members (excludes halogenated alkanes) is 1. The molecule has 0 bridgehead atoms. The first kappa shape index (κ1) is 11.4. The highest BCUT2D eigenvalue weighted by atomic mass is 32.1. The van der Waals surface area contributed by atoms with Crippen LogP contribution >= 0.6 is 11.3 Å². The van der Waals surface area contributed by atoms with Crippen molar-refractivity contribution in [1.29, 1.82) is 0 Å². The molecule has 2 nitrogen and oxygen atoms in total. The molecule has 0 spiro atoms. The fraction of sp³-hybridized carbons (Fsp3) is 0.545. The summed E-state index contributed by atoms with van der Waals surface area (Å²) in [5.74, 6) is 0.0946. The number of thiophene rings is 1. The molecule has 0 amide bonds. The fourth-order valence-electron chi connectivity index (χ4n) is 1.40. The molecule has 0 aliphatic carbocycles. The molecule has 0 aliphatic heterocycles. The molecule has 1 heterocycles. The minimum absolute atomic E-state index is 0.0946. The van der Waals surface area contributed by atoms with Gasteiger partial charge in [-0.05, 0) is 24.8 Å². The summed E-state index contributed by atoms with van der Waals surface area (Å²) in [6.45, 7) is 4.07. The molecule has 0 saturated carbocycles. The lowest BCUT2D eigenvalue weighted by atomic mass is 10.0. The van der Waals surface area contributed by atoms with Crippen LogP contribution in [0.4, 0.5) is 0 Å². The van der Waals surface area contributed by atoms with Gasteiger partial charge >= 0.3 is 0 Å². The Kier molecular flexibility index (Phi) is 4.29. The van der Waals surface area contributed by atoms with Crippen LogP contribution in [-0.2, 0) is 0 Å². The second-order valence-electron chi connectivity index (χ2n) is 3.50. The Morgan fingerprint density at radius 3 is 2.86 bits per heavy atom. The zero-order chi connectivity index (χ0) is 10.6. The quantitative estimate of drug-likeness (QED) is 0.761. The van der Waals surface area contributed by atoms with Gasteiger partial charge in [-0.15, -0.1) is 11.3 Å². The molecule has 3 heteroatoms. The number of ketones is 1. The van der Waals surface area contributed by atoms with Gasteiger partial charge in [0.2, 0.25) is 0 Å². The number of rotatable bonds is 5. The SMILES string of the molecule is CCCCC(N)C(=O)c1ccsc1C. The predicted octanol–water partition coefficient (Wildman–Crippen LogP) is 2.76. The maximum atomic E-state index is 11.8. The lowest BCUT2D eigenvalue weighted by Crippen LogP contribution is -2.30. The van der Waals surface area contributed by atoms with Gasteiger partial charge in [-0.25, -0.2) is 0 Å². The van der Waals surface area contributed by atoms with Crippen LogP contribution in [-0.4, -0.2) is 11.8 Å². The van der Waals surface area contributed by atoms with Crippen LogP contribution < -0.4 is 5.73 Å². The average molecular weight is 211 g/mol. The van der Waals surface area contributed by atoms with E-state index in [1.165, 1.54) is 0 Å². The topological polar surface area (TPSA) is 43.1 Å². The molecule has 0 radical (unpaired) electrons. The molecule has 2 N–H and O–H groups in total. The Morgan fingerprint density at radius 2 is 2.36 bits per heavy atom. The highest BCUT2D eigenvalue weighted by molar-refractivity contribution is 7.10. The number of Topliss-reactive ketones (excluding diaryl/α,β-unsaturated/α-hetero) is 1. The van der Waals surface area contributed by atoms with Gasteiger partial charge in [-0.2, -0.15) is 0 Å². The van der Waals surface area contributed by atoms with E-state index in [0.717, 1.165) is 29.7 Å². The summed E-state index contributed by atoms with van der Waals surface area (Å²) in [4.78, 5) is 12.9. The summed E-state index contributed by atoms with van der Waals surface area (Å²) >= 11 is 1.60. The van der Waals surface area contributed by atoms with Crippen LogP contribution in [0.2, 0.25) is 0 Å². The molecule has 1 atom stereocenters. The van der Waals surface area contributed by atoms with Crippen LogP contribution in [0.5, 0.6) is 0 Å². The van der Waals surface area contributed by atoms with Gasteiger partial charge in [0.05, 0.1) is 6.04 Å². The van der Waals surface area contributed by atoms with Crippen molar-refractivity contribution >= 4 is 17.1 Å². The number of hydrogen-bond acceptors (Lipinski definition) is 3. The zero-order valence-corrected chi connectivity index (χ0v) is 9.56. The Morgan fingerprint density at radius 1 is 1.64 bits per heavy atom. The summed E-state index contributed by atoms with van der Waals surface area (Å²) in [6.07, 6.45) is 2.91. The lowest BCUT2D eigenvalue weighted by molar-refractivity contribution is 0.0956. The van der Waals surface area contributed by atoms with Crippen LogP contribution in [0.15, 0.2) is 11.4 Å². The zero-order valence-electron chi connectivity index (χ0n) is 8.75. The smallest absolute Gasteiger partial charge is 0.180 e. The van der Waals surface area contributed by atoms with Crippen LogP contribution in [0.3, 0.4) is 0 Å². The Hall–Kier alpha value is -0.670. The van der Waals surface area contributed by atoms with Crippen molar-refractivity contribution < 1.29 is 4.79 Å². The van der Waals surface area contributed by atoms with Gasteiger partial charge in [0.25, 0.3) is 0 Å². The Balaban J connectivity index is 2.61. The maximum absolute atomic E-state index is 11.8. The third kappa shape index (κ3) is 2.66. The molecule has 14 heavy (non-hydrogen) atoms. The van der Waals surface area contributed by atoms with E-state index < -0.39 is 0 Å². The molecule has 0 fully saturated rings. The number of aryl methyl sites for hydroxylation is 1. The molecule has 1 rings (SSSR count). The van der Waals surface area contributed by atoms with Gasteiger partial charge in [0.1, 0.15) is 0 Å². The van der Waals surface area contributed by atoms with Crippen molar-refractivity contribution in [3.05, 3.63) is 21.9 Å². The normalized spacial score (nSPS) is 12.8. The van der Waals surface area contributed by atoms with Crippen LogP contribution in [0.25, 0.3) is 0 Å². The first-order chi connectivity index (χ1) is 6.66. The van der Waals surface area contributed by atoms with Crippen LogP contribution in [0.1, 0.15) is 41.4 Å². The van der Waals surface area contributed by atoms with E-state index >= 15 is 0 Å². The number of carbonyl (C=O) groups is 1. The third-order valence-corrected chi connectivity index (χ3v) is 3.18. The molecule has 78 valence electrons. The number of nitrogens with two attached hydrogens (primary N) is 1. The van der Waals surface area contributed by atoms with E-state index in [1.54, 1.807) is 11.3 Å². The van der Waals surface area contributed by atoms with Crippen LogP contribution in [0, 0.1) is 6.92 Å². The predicted molar refractivity (Wildman–Crippen MR) is 60.9 cm³/mol. The third-order valence-electron chi connectivity index (χ3n) is 2.33. The molecular weight excluding hydrogens is 194 g/mol. The second kappa shape index (κ2) is 5.27. The summed E-state index contributed by atoms with van der Waals surface area (Å²) in [5.41, 5.74) is 6.62. The monoisotopic (exact) mass is 211 g/mol. The summed E-state index contributed by atoms with van der Waals surface area (Å²) in [6, 6.07) is 1.55. The van der Waals surface area contributed by atoms with E-state index in [-0.39, 0.29) is 11.8 Å². The van der Waals surface area contributed by atoms with E-state index in [2.05, 4.69) is 6.92 Å². The first-order valence-corrected chi connectivity index (χ1v) is 5.88. The summed E-state index contributed by atoms with van der Waals surface area (Å²) < 4.78 is 0. The highest BCUT2D eigenvalue weighted by Crippen LogP contribution is 2.17. The standard InChI is InChI=1S/C11H17NOS/c1-3-4-5-10(12)11(13)9-6-7-14-8(9)2/h6-7,10H,3-5,12H2,1-2H3. The highest BCUT2D eigenvalue weighted by Gasteiger charge is 2.17. The molecule has 0 aliphatic rings. The minimum Gasteiger partial charge on any atom is -0.321 e. The average Bonchev–Trinajstić information content (AvgIpc) is 2.59. The molecule has 0 saturated heterocycles. The summed E-state index contributed by atoms with van der Waals surface area (Å²) in [7, 11) is 0. The van der Waals surface area contributed by atoms with E-state index in [0.29, 0.717) is 0 Å². The largest absolute Gasteiger partial charge is 0.321 e. The molecule has 1 aromatic rings. The van der Waals surface area contributed by atoms with Crippen molar-refractivity contribution in [3.63, 3.8) is 0 Å². The lowest BCUT2D eigenvalue weighted by Gasteiger charge is -2.09. The van der Waals surface area contributed by atoms with Crippen molar-refractivity contribution in [1.82, 2.24) is 0 Å². The van der Waals surface area contributed by atoms with Gasteiger partial charge in [-0.1, -0.05) is 19.8 Å². The van der Waals surface area contributed by atoms with Crippen molar-refractivity contribution in [3.8, 4) is 0 Å². The van der Waals surface area contributed by atoms with Crippen molar-refractivity contribution in [2.75, 3.05) is 0 Å². The fourth-order valence-corrected chi connectivity index (χ4v) is 2.10. The van der Waals surface area contributed by atoms with E-state index in [4.69, 9.17) is 5.73 Å². The van der Waals surface area contributed by atoms with Crippen molar-refractivity contribution in [2.45, 2.75) is 39.2 Å². The summed E-state index contributed by atoms with van der Waals surface area (Å²) in [5, 5.41) is 1.94. The Bertz CT molecular complexity index is 306. The van der Waals surface area contributed by atoms with E-state index in [1.807, 2.05) is 18.4 Å². The number of hydrogen-bond donors (Lipinski definition) is 1. The maximum Gasteiger partial charge on any atom is 0.180 e. The molecular formula is C11H17NOS. The van der Waals surface area contributed by atoms with E-state index in [9.17, 15) is 4.79 Å². The second-order valence-corrected chi connectivity index (χ2v) is 4.62. The minimum atomic E-state index is -0.316. The molecule has 0 aromatic carbocycles. The van der Waals surface area contributed by atoms with Gasteiger partial charge in [-0.3, -0.25) is 4.79 Å². The first-order valence-electron chi connectivity index (χ1n) is 5.00. The van der Waals surface area contributed by atoms with Gasteiger partial charge in [0, 0.05) is 10.4 Å². The molecule has 1 aromatic heterocycles. The van der Waals surface area contributed by atoms with Crippen molar-refractivity contribution in [2.24, 2.45) is 5.73 Å². The number of carbonyl (C=O) groups excluding carboxylic acids is 1. The Labute approximate surface area is 89.1 Å². The van der Waals surface area contributed by atoms with Gasteiger partial charge < -0.3 is 5.73 Å².